The van der Waals surface area contributed by atoms with Gasteiger partial charge < -0.3 is 9.47 Å². The Morgan fingerprint density at radius 3 is 1.52 bits per heavy atom. The lowest BCUT2D eigenvalue weighted by molar-refractivity contribution is -0.238. The third-order valence-corrected chi connectivity index (χ3v) is 14.6. The average molecular weight is 598 g/mol. The highest BCUT2D eigenvalue weighted by Crippen LogP contribution is 2.83. The van der Waals surface area contributed by atoms with Gasteiger partial charge in [-0.05, 0) is 114 Å². The molecular weight excluding hydrogens is 535 g/mol. The zero-order valence-electron chi connectivity index (χ0n) is 26.3. The second kappa shape index (κ2) is 14.1. The highest BCUT2D eigenvalue weighted by Gasteiger charge is 2.79. The minimum Gasteiger partial charge on any atom is -0.378 e. The van der Waals surface area contributed by atoms with Crippen molar-refractivity contribution in [3.05, 3.63) is 0 Å². The molecule has 0 bridgehead atoms. The Kier molecular flexibility index (Phi) is 11.2. The Balaban J connectivity index is 1.35. The first kappa shape index (κ1) is 31.9. The quantitative estimate of drug-likeness (QED) is 0.165. The third-order valence-electron chi connectivity index (χ3n) is 13.1. The summed E-state index contributed by atoms with van der Waals surface area (Å²) in [5.74, 6) is 1.52. The van der Waals surface area contributed by atoms with Gasteiger partial charge in [0.1, 0.15) is 4.33 Å². The molecule has 5 saturated carbocycles. The molecule has 5 rings (SSSR count). The van der Waals surface area contributed by atoms with Gasteiger partial charge in [-0.2, -0.15) is 0 Å². The van der Waals surface area contributed by atoms with Gasteiger partial charge in [-0.25, -0.2) is 0 Å². The first-order valence-corrected chi connectivity index (χ1v) is 18.8. The summed E-state index contributed by atoms with van der Waals surface area (Å²) in [6.07, 6.45) is 32.0. The molecule has 2 nitrogen and oxygen atoms in total. The molecule has 0 heterocycles. The van der Waals surface area contributed by atoms with Gasteiger partial charge in [0.2, 0.25) is 0 Å². The number of unbranched alkanes of at least 4 members (excludes halogenated alkanes) is 4. The SMILES string of the molecule is CCCCCOC1CCC(C2(C3CCC(OCCCCC)CC3)CCCC[C@]23CC2(CCCCC2)C3(Cl)Cl)CC1. The fourth-order valence-corrected chi connectivity index (χ4v) is 12.3. The summed E-state index contributed by atoms with van der Waals surface area (Å²) in [5, 5.41) is 0. The Morgan fingerprint density at radius 2 is 1.05 bits per heavy atom. The largest absolute Gasteiger partial charge is 0.378 e. The Labute approximate surface area is 257 Å². The van der Waals surface area contributed by atoms with E-state index in [0.29, 0.717) is 17.6 Å². The van der Waals surface area contributed by atoms with Gasteiger partial charge in [-0.15, -0.1) is 23.2 Å². The summed E-state index contributed by atoms with van der Waals surface area (Å²) < 4.78 is 12.3. The van der Waals surface area contributed by atoms with Crippen molar-refractivity contribution in [2.45, 2.75) is 184 Å². The average Bonchev–Trinajstić information content (AvgIpc) is 2.99. The Bertz CT molecular complexity index is 729. The summed E-state index contributed by atoms with van der Waals surface area (Å²) in [5.41, 5.74) is 0.589. The molecule has 0 aromatic rings. The van der Waals surface area contributed by atoms with Gasteiger partial charge in [0, 0.05) is 24.0 Å². The number of hydrogen-bond donors (Lipinski definition) is 0. The molecule has 0 aliphatic heterocycles. The van der Waals surface area contributed by atoms with Crippen molar-refractivity contribution in [1.82, 2.24) is 0 Å². The van der Waals surface area contributed by atoms with Crippen LogP contribution in [0.5, 0.6) is 0 Å². The van der Waals surface area contributed by atoms with Gasteiger partial charge in [0.15, 0.2) is 0 Å². The molecule has 0 amide bonds. The maximum absolute atomic E-state index is 7.87. The molecule has 0 saturated heterocycles. The molecule has 2 spiro atoms. The fraction of sp³-hybridized carbons (Fsp3) is 1.00. The number of ether oxygens (including phenoxy) is 2. The van der Waals surface area contributed by atoms with Gasteiger partial charge in [0.05, 0.1) is 12.2 Å². The van der Waals surface area contributed by atoms with E-state index in [1.165, 1.54) is 154 Å². The first-order chi connectivity index (χ1) is 19.4. The van der Waals surface area contributed by atoms with Crippen molar-refractivity contribution in [3.8, 4) is 0 Å². The maximum Gasteiger partial charge on any atom is 0.130 e. The van der Waals surface area contributed by atoms with Gasteiger partial charge in [-0.1, -0.05) is 71.6 Å². The molecule has 40 heavy (non-hydrogen) atoms. The zero-order chi connectivity index (χ0) is 28.1. The van der Waals surface area contributed by atoms with E-state index in [-0.39, 0.29) is 10.8 Å². The van der Waals surface area contributed by atoms with Crippen molar-refractivity contribution < 1.29 is 9.47 Å². The topological polar surface area (TPSA) is 18.5 Å². The predicted octanol–water partition coefficient (Wildman–Crippen LogP) is 11.6. The second-order valence-corrected chi connectivity index (χ2v) is 16.4. The number of rotatable bonds is 12. The van der Waals surface area contributed by atoms with Crippen LogP contribution in [0.15, 0.2) is 0 Å². The normalized spacial score (nSPS) is 39.3. The highest BCUT2D eigenvalue weighted by molar-refractivity contribution is 6.50. The summed E-state index contributed by atoms with van der Waals surface area (Å²) in [4.78, 5) is 0. The summed E-state index contributed by atoms with van der Waals surface area (Å²) >= 11 is 15.7. The van der Waals surface area contributed by atoms with Crippen molar-refractivity contribution in [3.63, 3.8) is 0 Å². The van der Waals surface area contributed by atoms with Gasteiger partial charge in [-0.3, -0.25) is 0 Å². The number of hydrogen-bond acceptors (Lipinski definition) is 2. The van der Waals surface area contributed by atoms with Crippen LogP contribution >= 0.6 is 23.2 Å². The summed E-state index contributed by atoms with van der Waals surface area (Å²) in [7, 11) is 0. The Morgan fingerprint density at radius 1 is 0.575 bits per heavy atom. The molecule has 5 fully saturated rings. The van der Waals surface area contributed by atoms with Crippen LogP contribution in [0, 0.1) is 28.1 Å². The molecule has 5 aliphatic carbocycles. The lowest BCUT2D eigenvalue weighted by Crippen LogP contribution is -2.75. The van der Waals surface area contributed by atoms with E-state index >= 15 is 0 Å². The standard InChI is InChI=1S/C36H62Cl2O2/c1-3-5-12-26-39-31-18-14-29(15-19-31)35(30-16-20-32(21-17-30)40-27-13-6-4-2)25-11-10-24-34(35)28-33(36(34,37)38)22-8-7-9-23-33/h29-32H,3-28H2,1-2H3/t29?,30?,31?,32?,34-,35?/m0/s1. The van der Waals surface area contributed by atoms with Crippen LogP contribution in [0.2, 0.25) is 0 Å². The molecular formula is C36H62Cl2O2. The van der Waals surface area contributed by atoms with Crippen LogP contribution < -0.4 is 0 Å². The molecule has 0 aromatic carbocycles. The minimum absolute atomic E-state index is 0.109. The second-order valence-electron chi connectivity index (χ2n) is 15.0. The van der Waals surface area contributed by atoms with Crippen molar-refractivity contribution in [1.29, 1.82) is 0 Å². The van der Waals surface area contributed by atoms with Gasteiger partial charge in [0.25, 0.3) is 0 Å². The van der Waals surface area contributed by atoms with Crippen LogP contribution in [-0.4, -0.2) is 29.8 Å². The molecule has 0 radical (unpaired) electrons. The molecule has 232 valence electrons. The predicted molar refractivity (Wildman–Crippen MR) is 170 cm³/mol. The van der Waals surface area contributed by atoms with Crippen LogP contribution in [0.4, 0.5) is 0 Å². The monoisotopic (exact) mass is 596 g/mol. The maximum atomic E-state index is 7.87. The van der Waals surface area contributed by atoms with Crippen LogP contribution in [0.25, 0.3) is 0 Å². The van der Waals surface area contributed by atoms with E-state index in [0.717, 1.165) is 25.0 Å². The summed E-state index contributed by atoms with van der Waals surface area (Å²) in [6.45, 7) is 6.47. The zero-order valence-corrected chi connectivity index (χ0v) is 27.8. The highest BCUT2D eigenvalue weighted by atomic mass is 35.5. The van der Waals surface area contributed by atoms with E-state index in [4.69, 9.17) is 32.7 Å². The van der Waals surface area contributed by atoms with Crippen molar-refractivity contribution >= 4 is 23.2 Å². The van der Waals surface area contributed by atoms with Gasteiger partial charge >= 0.3 is 0 Å². The van der Waals surface area contributed by atoms with E-state index in [1.807, 2.05) is 0 Å². The molecule has 0 unspecified atom stereocenters. The van der Waals surface area contributed by atoms with Crippen molar-refractivity contribution in [2.24, 2.45) is 28.1 Å². The van der Waals surface area contributed by atoms with E-state index in [1.54, 1.807) is 0 Å². The lowest BCUT2D eigenvalue weighted by Gasteiger charge is -2.77. The number of alkyl halides is 2. The fourth-order valence-electron chi connectivity index (χ4n) is 11.2. The van der Waals surface area contributed by atoms with Crippen LogP contribution in [0.1, 0.15) is 168 Å². The van der Waals surface area contributed by atoms with E-state index in [2.05, 4.69) is 13.8 Å². The molecule has 5 aliphatic rings. The smallest absolute Gasteiger partial charge is 0.130 e. The van der Waals surface area contributed by atoms with Crippen LogP contribution in [-0.2, 0) is 9.47 Å². The molecule has 1 atom stereocenters. The van der Waals surface area contributed by atoms with Crippen molar-refractivity contribution in [2.75, 3.05) is 13.2 Å². The number of halogens is 2. The molecule has 0 aromatic heterocycles. The lowest BCUT2D eigenvalue weighted by atomic mass is 9.32. The van der Waals surface area contributed by atoms with E-state index < -0.39 is 4.33 Å². The molecule has 0 N–H and O–H groups in total. The summed E-state index contributed by atoms with van der Waals surface area (Å²) in [6, 6.07) is 0. The van der Waals surface area contributed by atoms with E-state index in [9.17, 15) is 0 Å². The Hall–Kier alpha value is 0.500. The molecule has 4 heteroatoms. The third kappa shape index (κ3) is 5.81. The van der Waals surface area contributed by atoms with Crippen LogP contribution in [0.3, 0.4) is 0 Å². The minimum atomic E-state index is -0.554. The first-order valence-electron chi connectivity index (χ1n) is 18.1.